The van der Waals surface area contributed by atoms with E-state index in [0.717, 1.165) is 5.69 Å². The Morgan fingerprint density at radius 1 is 1.21 bits per heavy atom. The Bertz CT molecular complexity index is 335. The maximum absolute atomic E-state index is 10.1. The van der Waals surface area contributed by atoms with Crippen LogP contribution in [0.25, 0.3) is 0 Å². The van der Waals surface area contributed by atoms with E-state index in [4.69, 9.17) is 0 Å². The number of nitrogens with zero attached hydrogens (tertiary/aromatic N) is 1. The van der Waals surface area contributed by atoms with E-state index in [-0.39, 0.29) is 5.41 Å². The summed E-state index contributed by atoms with van der Waals surface area (Å²) in [6.45, 7) is 6.49. The molecule has 0 fully saturated rings. The summed E-state index contributed by atoms with van der Waals surface area (Å²) < 4.78 is 10.1. The molecule has 0 heterocycles. The van der Waals surface area contributed by atoms with Crippen molar-refractivity contribution < 1.29 is 4.70 Å². The predicted molar refractivity (Wildman–Crippen MR) is 59.7 cm³/mol. The van der Waals surface area contributed by atoms with Gasteiger partial charge >= 0.3 is 84.7 Å². The van der Waals surface area contributed by atoms with Gasteiger partial charge in [0.25, 0.3) is 0 Å². The Labute approximate surface area is 85.3 Å². The third-order valence-electron chi connectivity index (χ3n) is 2.02. The van der Waals surface area contributed by atoms with Crippen LogP contribution >= 0.6 is 0 Å². The molecule has 0 aliphatic heterocycles. The van der Waals surface area contributed by atoms with Gasteiger partial charge in [0.05, 0.1) is 0 Å². The van der Waals surface area contributed by atoms with Gasteiger partial charge in [-0.15, -0.1) is 0 Å². The van der Waals surface area contributed by atoms with Crippen LogP contribution in [0.1, 0.15) is 26.3 Å². The molecule has 3 heteroatoms. The number of benzene rings is 1. The van der Waals surface area contributed by atoms with E-state index >= 15 is 0 Å². The quantitative estimate of drug-likeness (QED) is 0.516. The zero-order chi connectivity index (χ0) is 10.6. The van der Waals surface area contributed by atoms with Crippen LogP contribution in [0, 0.1) is 0 Å². The molecule has 0 N–H and O–H groups in total. The van der Waals surface area contributed by atoms with E-state index in [1.807, 2.05) is 24.3 Å². The molecule has 72 valence electrons. The van der Waals surface area contributed by atoms with Gasteiger partial charge in [-0.1, -0.05) is 0 Å². The molecule has 0 saturated carbocycles. The summed E-state index contributed by atoms with van der Waals surface area (Å²) in [5.74, 6) is 0. The SMILES string of the molecule is CC(C)(C)c1ccc(N=CB=O)cc1. The van der Waals surface area contributed by atoms with E-state index < -0.39 is 0 Å². The van der Waals surface area contributed by atoms with Crippen molar-refractivity contribution in [2.45, 2.75) is 26.2 Å². The molecule has 1 aromatic rings. The molecule has 0 amide bonds. The molecule has 0 atom stereocenters. The van der Waals surface area contributed by atoms with Crippen molar-refractivity contribution in [3.8, 4) is 0 Å². The molecule has 0 aromatic heterocycles. The summed E-state index contributed by atoms with van der Waals surface area (Å²) in [7, 11) is 0.678. The number of aliphatic imine (C=N–C) groups is 1. The van der Waals surface area contributed by atoms with Crippen LogP contribution in [-0.4, -0.2) is 13.3 Å². The average molecular weight is 187 g/mol. The van der Waals surface area contributed by atoms with Crippen molar-refractivity contribution in [1.29, 1.82) is 0 Å². The minimum atomic E-state index is 0.160. The maximum atomic E-state index is 10.1. The predicted octanol–water partition coefficient (Wildman–Crippen LogP) is 2.69. The van der Waals surface area contributed by atoms with Gasteiger partial charge < -0.3 is 0 Å². The van der Waals surface area contributed by atoms with Crippen LogP contribution in [0.3, 0.4) is 0 Å². The van der Waals surface area contributed by atoms with Crippen molar-refractivity contribution in [2.24, 2.45) is 4.99 Å². The van der Waals surface area contributed by atoms with Crippen LogP contribution in [0.2, 0.25) is 0 Å². The third kappa shape index (κ3) is 2.91. The van der Waals surface area contributed by atoms with Crippen molar-refractivity contribution in [2.75, 3.05) is 0 Å². The van der Waals surface area contributed by atoms with Crippen LogP contribution in [-0.2, 0) is 10.1 Å². The van der Waals surface area contributed by atoms with Crippen LogP contribution in [0.15, 0.2) is 29.3 Å². The first kappa shape index (κ1) is 10.8. The van der Waals surface area contributed by atoms with Gasteiger partial charge in [-0.25, -0.2) is 0 Å². The third-order valence-corrected chi connectivity index (χ3v) is 2.02. The van der Waals surface area contributed by atoms with E-state index in [2.05, 4.69) is 25.8 Å². The summed E-state index contributed by atoms with van der Waals surface area (Å²) >= 11 is 0. The van der Waals surface area contributed by atoms with E-state index in [9.17, 15) is 4.70 Å². The molecule has 2 nitrogen and oxygen atoms in total. The topological polar surface area (TPSA) is 29.4 Å². The molecule has 0 bridgehead atoms. The van der Waals surface area contributed by atoms with Gasteiger partial charge in [0, 0.05) is 0 Å². The molecule has 0 unspecified atom stereocenters. The van der Waals surface area contributed by atoms with Gasteiger partial charge in [-0.05, 0) is 0 Å². The van der Waals surface area contributed by atoms with Crippen molar-refractivity contribution >= 4 is 19.0 Å². The molecule has 0 aliphatic carbocycles. The first-order valence-electron chi connectivity index (χ1n) is 4.62. The molecule has 0 radical (unpaired) electrons. The summed E-state index contributed by atoms with van der Waals surface area (Å²) in [6, 6.07) is 7.91. The molecular formula is C11H14BNO. The fourth-order valence-electron chi connectivity index (χ4n) is 1.16. The fraction of sp³-hybridized carbons (Fsp3) is 0.364. The van der Waals surface area contributed by atoms with Gasteiger partial charge in [-0.3, -0.25) is 0 Å². The average Bonchev–Trinajstić information content (AvgIpc) is 2.14. The standard InChI is InChI=1S/C11H14BNO/c1-11(2,3)9-4-6-10(7-5-9)13-8-12-14/h4-8H,1-3H3. The monoisotopic (exact) mass is 187 g/mol. The Morgan fingerprint density at radius 2 is 1.79 bits per heavy atom. The Hall–Kier alpha value is -1.25. The van der Waals surface area contributed by atoms with E-state index in [1.165, 1.54) is 11.7 Å². The summed E-state index contributed by atoms with van der Waals surface area (Å²) in [6.07, 6.45) is 1.26. The summed E-state index contributed by atoms with van der Waals surface area (Å²) in [5.41, 5.74) is 2.24. The molecule has 14 heavy (non-hydrogen) atoms. The summed E-state index contributed by atoms with van der Waals surface area (Å²) in [4.78, 5) is 3.95. The zero-order valence-corrected chi connectivity index (χ0v) is 8.82. The Morgan fingerprint density at radius 3 is 2.21 bits per heavy atom. The first-order valence-corrected chi connectivity index (χ1v) is 4.62. The van der Waals surface area contributed by atoms with Crippen molar-refractivity contribution in [1.82, 2.24) is 0 Å². The molecule has 0 saturated heterocycles. The molecule has 0 spiro atoms. The Kier molecular flexibility index (Phi) is 3.34. The van der Waals surface area contributed by atoms with Gasteiger partial charge in [0.1, 0.15) is 0 Å². The van der Waals surface area contributed by atoms with Gasteiger partial charge in [-0.2, -0.15) is 0 Å². The van der Waals surface area contributed by atoms with E-state index in [1.54, 1.807) is 0 Å². The number of hydrogen-bond donors (Lipinski definition) is 0. The number of rotatable bonds is 2. The second-order valence-electron chi connectivity index (χ2n) is 4.21. The van der Waals surface area contributed by atoms with Crippen LogP contribution < -0.4 is 0 Å². The summed E-state index contributed by atoms with van der Waals surface area (Å²) in [5, 5.41) is 0. The van der Waals surface area contributed by atoms with Gasteiger partial charge in [0.2, 0.25) is 0 Å². The second kappa shape index (κ2) is 4.31. The zero-order valence-electron chi connectivity index (χ0n) is 8.82. The fourth-order valence-corrected chi connectivity index (χ4v) is 1.16. The second-order valence-corrected chi connectivity index (χ2v) is 4.21. The van der Waals surface area contributed by atoms with Crippen molar-refractivity contribution in [3.63, 3.8) is 0 Å². The van der Waals surface area contributed by atoms with Crippen molar-refractivity contribution in [3.05, 3.63) is 29.8 Å². The first-order chi connectivity index (χ1) is 6.54. The van der Waals surface area contributed by atoms with Crippen LogP contribution in [0.5, 0.6) is 0 Å². The van der Waals surface area contributed by atoms with Crippen LogP contribution in [0.4, 0.5) is 5.69 Å². The molecule has 1 rings (SSSR count). The number of hydrogen-bond acceptors (Lipinski definition) is 2. The molecule has 0 aliphatic rings. The van der Waals surface area contributed by atoms with Gasteiger partial charge in [0.15, 0.2) is 0 Å². The normalized spacial score (nSPS) is 11.6. The molecular weight excluding hydrogens is 173 g/mol. The van der Waals surface area contributed by atoms with E-state index in [0.29, 0.717) is 7.15 Å². The molecule has 1 aromatic carbocycles. The Balaban J connectivity index is 2.89. The minimum absolute atomic E-state index is 0.160.